The molecule has 0 aliphatic carbocycles. The first-order valence-electron chi connectivity index (χ1n) is 7.24. The fraction of sp³-hybridized carbons (Fsp3) is 0.857. The normalized spacial score (nSPS) is 18.9. The molecular formula is C14H24O6. The van der Waals surface area contributed by atoms with Gasteiger partial charge < -0.3 is 18.9 Å². The predicted molar refractivity (Wildman–Crippen MR) is 71.0 cm³/mol. The smallest absolute Gasteiger partial charge is 0.308 e. The summed E-state index contributed by atoms with van der Waals surface area (Å²) < 4.78 is 20.9. The molecule has 1 saturated heterocycles. The second-order valence-electron chi connectivity index (χ2n) is 4.57. The Kier molecular flexibility index (Phi) is 8.22. The van der Waals surface area contributed by atoms with Crippen LogP contribution in [0.5, 0.6) is 0 Å². The van der Waals surface area contributed by atoms with Crippen LogP contribution in [0.4, 0.5) is 0 Å². The van der Waals surface area contributed by atoms with Gasteiger partial charge in [0, 0.05) is 6.61 Å². The first-order valence-corrected chi connectivity index (χ1v) is 7.24. The third-order valence-electron chi connectivity index (χ3n) is 2.88. The van der Waals surface area contributed by atoms with E-state index in [1.165, 1.54) is 0 Å². The highest BCUT2D eigenvalue weighted by Crippen LogP contribution is 2.18. The zero-order chi connectivity index (χ0) is 14.8. The van der Waals surface area contributed by atoms with Gasteiger partial charge in [-0.3, -0.25) is 9.59 Å². The molecule has 0 spiro atoms. The summed E-state index contributed by atoms with van der Waals surface area (Å²) in [6.07, 6.45) is 1.98. The number of carbonyl (C=O) groups is 2. The van der Waals surface area contributed by atoms with E-state index >= 15 is 0 Å². The van der Waals surface area contributed by atoms with E-state index in [1.807, 2.05) is 0 Å². The molecule has 0 aromatic heterocycles. The van der Waals surface area contributed by atoms with E-state index in [4.69, 9.17) is 18.9 Å². The van der Waals surface area contributed by atoms with E-state index in [0.29, 0.717) is 19.8 Å². The van der Waals surface area contributed by atoms with Crippen molar-refractivity contribution in [3.8, 4) is 0 Å². The van der Waals surface area contributed by atoms with E-state index < -0.39 is 6.10 Å². The maximum Gasteiger partial charge on any atom is 0.308 e. The van der Waals surface area contributed by atoms with Gasteiger partial charge in [0.25, 0.3) is 0 Å². The molecule has 6 heteroatoms. The summed E-state index contributed by atoms with van der Waals surface area (Å²) in [5.41, 5.74) is 0. The molecule has 6 nitrogen and oxygen atoms in total. The fourth-order valence-electron chi connectivity index (χ4n) is 2.01. The number of ether oxygens (including phenoxy) is 4. The van der Waals surface area contributed by atoms with Gasteiger partial charge in [-0.2, -0.15) is 0 Å². The first-order chi connectivity index (χ1) is 9.65. The minimum Gasteiger partial charge on any atom is -0.466 e. The van der Waals surface area contributed by atoms with Gasteiger partial charge in [0.2, 0.25) is 0 Å². The van der Waals surface area contributed by atoms with Gasteiger partial charge in [0.1, 0.15) is 0 Å². The summed E-state index contributed by atoms with van der Waals surface area (Å²) in [6.45, 7) is 4.75. The van der Waals surface area contributed by atoms with Crippen LogP contribution in [0.1, 0.15) is 46.0 Å². The second-order valence-corrected chi connectivity index (χ2v) is 4.57. The molecule has 20 heavy (non-hydrogen) atoms. The number of hydrogen-bond donors (Lipinski definition) is 0. The molecule has 0 amide bonds. The lowest BCUT2D eigenvalue weighted by molar-refractivity contribution is -0.196. The van der Waals surface area contributed by atoms with Crippen molar-refractivity contribution in [2.75, 3.05) is 19.8 Å². The van der Waals surface area contributed by atoms with Gasteiger partial charge >= 0.3 is 11.9 Å². The second kappa shape index (κ2) is 9.72. The molecular weight excluding hydrogens is 264 g/mol. The summed E-state index contributed by atoms with van der Waals surface area (Å²) in [4.78, 5) is 23.1. The van der Waals surface area contributed by atoms with Crippen LogP contribution >= 0.6 is 0 Å². The Morgan fingerprint density at radius 1 is 1.10 bits per heavy atom. The third-order valence-corrected chi connectivity index (χ3v) is 2.88. The van der Waals surface area contributed by atoms with Crippen molar-refractivity contribution in [3.63, 3.8) is 0 Å². The first kappa shape index (κ1) is 16.9. The van der Waals surface area contributed by atoms with Crippen molar-refractivity contribution in [2.24, 2.45) is 0 Å². The molecule has 0 radical (unpaired) electrons. The van der Waals surface area contributed by atoms with Crippen molar-refractivity contribution in [3.05, 3.63) is 0 Å². The van der Waals surface area contributed by atoms with Gasteiger partial charge in [-0.1, -0.05) is 0 Å². The largest absolute Gasteiger partial charge is 0.466 e. The quantitative estimate of drug-likeness (QED) is 0.634. The van der Waals surface area contributed by atoms with E-state index in [0.717, 1.165) is 19.3 Å². The summed E-state index contributed by atoms with van der Waals surface area (Å²) in [5, 5.41) is 0. The van der Waals surface area contributed by atoms with Crippen LogP contribution in [-0.4, -0.2) is 44.2 Å². The lowest BCUT2D eigenvalue weighted by atomic mass is 10.1. The summed E-state index contributed by atoms with van der Waals surface area (Å²) in [5.74, 6) is -0.754. The topological polar surface area (TPSA) is 71.1 Å². The van der Waals surface area contributed by atoms with Crippen molar-refractivity contribution < 1.29 is 28.5 Å². The lowest BCUT2D eigenvalue weighted by Crippen LogP contribution is -2.31. The van der Waals surface area contributed by atoms with Gasteiger partial charge in [-0.05, 0) is 33.1 Å². The zero-order valence-electron chi connectivity index (χ0n) is 12.3. The molecule has 0 aromatic rings. The Hall–Kier alpha value is -1.14. The zero-order valence-corrected chi connectivity index (χ0v) is 12.3. The highest BCUT2D eigenvalue weighted by molar-refractivity contribution is 5.73. The van der Waals surface area contributed by atoms with Gasteiger partial charge in [0.15, 0.2) is 6.29 Å². The van der Waals surface area contributed by atoms with Crippen molar-refractivity contribution in [2.45, 2.75) is 58.3 Å². The number of carbonyl (C=O) groups excluding carboxylic acids is 2. The molecule has 116 valence electrons. The number of esters is 2. The van der Waals surface area contributed by atoms with Gasteiger partial charge in [-0.25, -0.2) is 0 Å². The van der Waals surface area contributed by atoms with E-state index in [2.05, 4.69) is 0 Å². The molecule has 1 heterocycles. The van der Waals surface area contributed by atoms with Crippen LogP contribution < -0.4 is 0 Å². The third kappa shape index (κ3) is 6.86. The van der Waals surface area contributed by atoms with Crippen LogP contribution in [0.3, 0.4) is 0 Å². The molecule has 0 N–H and O–H groups in total. The van der Waals surface area contributed by atoms with Gasteiger partial charge in [0.05, 0.1) is 32.2 Å². The molecule has 1 atom stereocenters. The van der Waals surface area contributed by atoms with E-state index in [9.17, 15) is 9.59 Å². The standard InChI is InChI=1S/C14H24O6/c1-3-17-12(15)9-11(10-13(16)18-4-2)20-14-7-5-6-8-19-14/h11,14H,3-10H2,1-2H3. The van der Waals surface area contributed by atoms with Crippen molar-refractivity contribution in [1.29, 1.82) is 0 Å². The Labute approximate surface area is 119 Å². The van der Waals surface area contributed by atoms with Crippen LogP contribution in [0.2, 0.25) is 0 Å². The molecule has 1 unspecified atom stereocenters. The monoisotopic (exact) mass is 288 g/mol. The summed E-state index contributed by atoms with van der Waals surface area (Å²) in [7, 11) is 0. The van der Waals surface area contributed by atoms with Crippen LogP contribution in [0.15, 0.2) is 0 Å². The minimum absolute atomic E-state index is 0.0342. The Bertz CT molecular complexity index is 278. The number of hydrogen-bond acceptors (Lipinski definition) is 6. The highest BCUT2D eigenvalue weighted by atomic mass is 16.7. The fourth-order valence-corrected chi connectivity index (χ4v) is 2.01. The van der Waals surface area contributed by atoms with Crippen LogP contribution in [-0.2, 0) is 28.5 Å². The van der Waals surface area contributed by atoms with Crippen LogP contribution in [0.25, 0.3) is 0 Å². The van der Waals surface area contributed by atoms with E-state index in [-0.39, 0.29) is 31.1 Å². The van der Waals surface area contributed by atoms with Crippen molar-refractivity contribution in [1.82, 2.24) is 0 Å². The highest BCUT2D eigenvalue weighted by Gasteiger charge is 2.25. The molecule has 0 bridgehead atoms. The maximum absolute atomic E-state index is 11.5. The van der Waals surface area contributed by atoms with Crippen molar-refractivity contribution >= 4 is 11.9 Å². The lowest BCUT2D eigenvalue weighted by Gasteiger charge is -2.27. The predicted octanol–water partition coefficient (Wildman–Crippen LogP) is 1.80. The maximum atomic E-state index is 11.5. The van der Waals surface area contributed by atoms with E-state index in [1.54, 1.807) is 13.8 Å². The molecule has 1 aliphatic rings. The minimum atomic E-state index is -0.559. The Morgan fingerprint density at radius 3 is 2.15 bits per heavy atom. The Morgan fingerprint density at radius 2 is 1.70 bits per heavy atom. The summed E-state index contributed by atoms with van der Waals surface area (Å²) >= 11 is 0. The number of rotatable bonds is 8. The average molecular weight is 288 g/mol. The SMILES string of the molecule is CCOC(=O)CC(CC(=O)OCC)OC1CCCCO1. The van der Waals surface area contributed by atoms with Crippen LogP contribution in [0, 0.1) is 0 Å². The molecule has 1 aliphatic heterocycles. The molecule has 1 fully saturated rings. The molecule has 0 aromatic carbocycles. The Balaban J connectivity index is 2.48. The molecule has 1 rings (SSSR count). The van der Waals surface area contributed by atoms with Gasteiger partial charge in [-0.15, -0.1) is 0 Å². The summed E-state index contributed by atoms with van der Waals surface area (Å²) in [6, 6.07) is 0. The molecule has 0 saturated carbocycles. The average Bonchev–Trinajstić information content (AvgIpc) is 2.40.